The van der Waals surface area contributed by atoms with Crippen LogP contribution in [0.4, 0.5) is 0 Å². The van der Waals surface area contributed by atoms with Crippen LogP contribution in [0.1, 0.15) is 11.1 Å². The highest BCUT2D eigenvalue weighted by Crippen LogP contribution is 2.27. The average molecular weight is 353 g/mol. The molecule has 0 aliphatic carbocycles. The fraction of sp³-hybridized carbons (Fsp3) is 0.286. The number of carbonyl (C=O) groups excluding carboxylic acids is 1. The Labute approximate surface area is 154 Å². The molecule has 1 N–H and O–H groups in total. The van der Waals surface area contributed by atoms with E-state index in [-0.39, 0.29) is 25.5 Å². The standard InChI is InChI=1S/C21H23NO4/c1-16-8-4-5-9-18(16)26-13-7-6-12-22-21(23)15-17-10-11-19(24-2)20(14-17)25-3/h4-5,8-11,14H,12-13,15H2,1-3H3,(H,22,23). The van der Waals surface area contributed by atoms with E-state index < -0.39 is 0 Å². The van der Waals surface area contributed by atoms with Crippen LogP contribution >= 0.6 is 0 Å². The minimum atomic E-state index is -0.105. The Kier molecular flexibility index (Phi) is 7.38. The zero-order valence-electron chi connectivity index (χ0n) is 15.3. The van der Waals surface area contributed by atoms with Gasteiger partial charge in [0.05, 0.1) is 27.2 Å². The minimum Gasteiger partial charge on any atom is -0.493 e. The summed E-state index contributed by atoms with van der Waals surface area (Å²) in [6.45, 7) is 2.55. The first-order valence-electron chi connectivity index (χ1n) is 8.25. The molecule has 0 saturated carbocycles. The number of hydrogen-bond donors (Lipinski definition) is 1. The lowest BCUT2D eigenvalue weighted by molar-refractivity contribution is -0.120. The Morgan fingerprint density at radius 2 is 1.77 bits per heavy atom. The first kappa shape index (κ1) is 19.2. The molecule has 2 aromatic rings. The van der Waals surface area contributed by atoms with Crippen molar-refractivity contribution in [1.29, 1.82) is 0 Å². The average Bonchev–Trinajstić information content (AvgIpc) is 2.65. The quantitative estimate of drug-likeness (QED) is 0.778. The number of benzene rings is 2. The van der Waals surface area contributed by atoms with Gasteiger partial charge in [-0.05, 0) is 36.2 Å². The van der Waals surface area contributed by atoms with E-state index in [1.807, 2.05) is 37.3 Å². The molecule has 2 rings (SSSR count). The lowest BCUT2D eigenvalue weighted by atomic mass is 10.1. The highest BCUT2D eigenvalue weighted by molar-refractivity contribution is 5.79. The summed E-state index contributed by atoms with van der Waals surface area (Å²) in [5.74, 6) is 7.72. The first-order valence-corrected chi connectivity index (χ1v) is 8.25. The van der Waals surface area contributed by atoms with Gasteiger partial charge in [-0.2, -0.15) is 0 Å². The van der Waals surface area contributed by atoms with Crippen LogP contribution in [0.3, 0.4) is 0 Å². The van der Waals surface area contributed by atoms with Crippen molar-refractivity contribution in [3.05, 3.63) is 53.6 Å². The van der Waals surface area contributed by atoms with Crippen LogP contribution in [-0.2, 0) is 11.2 Å². The Morgan fingerprint density at radius 3 is 2.50 bits per heavy atom. The van der Waals surface area contributed by atoms with Crippen molar-refractivity contribution in [1.82, 2.24) is 5.32 Å². The van der Waals surface area contributed by atoms with Crippen LogP contribution < -0.4 is 19.5 Å². The number of aryl methyl sites for hydroxylation is 1. The number of nitrogens with one attached hydrogen (secondary N) is 1. The van der Waals surface area contributed by atoms with Crippen molar-refractivity contribution in [2.75, 3.05) is 27.4 Å². The predicted octanol–water partition coefficient (Wildman–Crippen LogP) is 2.75. The lowest BCUT2D eigenvalue weighted by Gasteiger charge is -2.09. The lowest BCUT2D eigenvalue weighted by Crippen LogP contribution is -2.25. The summed E-state index contributed by atoms with van der Waals surface area (Å²) in [7, 11) is 3.14. The van der Waals surface area contributed by atoms with Crippen LogP contribution in [0, 0.1) is 18.8 Å². The van der Waals surface area contributed by atoms with Crippen LogP contribution in [0.15, 0.2) is 42.5 Å². The molecule has 0 saturated heterocycles. The highest BCUT2D eigenvalue weighted by Gasteiger charge is 2.07. The topological polar surface area (TPSA) is 56.8 Å². The third-order valence-corrected chi connectivity index (χ3v) is 3.71. The van der Waals surface area contributed by atoms with E-state index in [2.05, 4.69) is 17.2 Å². The van der Waals surface area contributed by atoms with Crippen LogP contribution in [-0.4, -0.2) is 33.3 Å². The van der Waals surface area contributed by atoms with Gasteiger partial charge in [-0.25, -0.2) is 0 Å². The fourth-order valence-corrected chi connectivity index (χ4v) is 2.33. The molecule has 5 nitrogen and oxygen atoms in total. The molecule has 0 aromatic heterocycles. The first-order chi connectivity index (χ1) is 12.6. The molecule has 2 aromatic carbocycles. The SMILES string of the molecule is COc1ccc(CC(=O)NCC#CCOc2ccccc2C)cc1OC. The molecule has 0 aliphatic heterocycles. The second kappa shape index (κ2) is 10.00. The molecule has 1 amide bonds. The summed E-state index contributed by atoms with van der Waals surface area (Å²) in [5, 5.41) is 2.77. The molecule has 0 radical (unpaired) electrons. The molecule has 0 fully saturated rings. The largest absolute Gasteiger partial charge is 0.493 e. The van der Waals surface area contributed by atoms with E-state index in [1.54, 1.807) is 26.4 Å². The van der Waals surface area contributed by atoms with Crippen LogP contribution in [0.5, 0.6) is 17.2 Å². The molecular weight excluding hydrogens is 330 g/mol. The number of methoxy groups -OCH3 is 2. The third kappa shape index (κ3) is 5.75. The number of hydrogen-bond acceptors (Lipinski definition) is 4. The maximum absolute atomic E-state index is 12.0. The highest BCUT2D eigenvalue weighted by atomic mass is 16.5. The predicted molar refractivity (Wildman–Crippen MR) is 101 cm³/mol. The Bertz CT molecular complexity index is 805. The van der Waals surface area contributed by atoms with Crippen molar-refractivity contribution >= 4 is 5.91 Å². The van der Waals surface area contributed by atoms with E-state index in [0.29, 0.717) is 11.5 Å². The summed E-state index contributed by atoms with van der Waals surface area (Å²) in [4.78, 5) is 12.0. The summed E-state index contributed by atoms with van der Waals surface area (Å²) >= 11 is 0. The molecule has 0 bridgehead atoms. The van der Waals surface area contributed by atoms with Gasteiger partial charge < -0.3 is 19.5 Å². The van der Waals surface area contributed by atoms with E-state index in [1.165, 1.54) is 0 Å². The molecule has 0 spiro atoms. The van der Waals surface area contributed by atoms with Gasteiger partial charge in [-0.15, -0.1) is 0 Å². The number of para-hydroxylation sites is 1. The van der Waals surface area contributed by atoms with Crippen molar-refractivity contribution < 1.29 is 19.0 Å². The van der Waals surface area contributed by atoms with Gasteiger partial charge in [-0.3, -0.25) is 4.79 Å². The maximum atomic E-state index is 12.0. The third-order valence-electron chi connectivity index (χ3n) is 3.71. The van der Waals surface area contributed by atoms with Gasteiger partial charge in [0.25, 0.3) is 0 Å². The molecule has 136 valence electrons. The molecule has 0 atom stereocenters. The second-order valence-electron chi connectivity index (χ2n) is 5.55. The van der Waals surface area contributed by atoms with Crippen molar-refractivity contribution in [2.24, 2.45) is 0 Å². The van der Waals surface area contributed by atoms with Crippen molar-refractivity contribution in [3.8, 4) is 29.1 Å². The molecule has 0 unspecified atom stereocenters. The summed E-state index contributed by atoms with van der Waals surface area (Å²) < 4.78 is 16.0. The van der Waals surface area contributed by atoms with E-state index in [4.69, 9.17) is 14.2 Å². The van der Waals surface area contributed by atoms with Crippen molar-refractivity contribution in [3.63, 3.8) is 0 Å². The van der Waals surface area contributed by atoms with Gasteiger partial charge in [0, 0.05) is 0 Å². The molecule has 5 heteroatoms. The van der Waals surface area contributed by atoms with Gasteiger partial charge >= 0.3 is 0 Å². The van der Waals surface area contributed by atoms with Gasteiger partial charge in [-0.1, -0.05) is 36.1 Å². The second-order valence-corrected chi connectivity index (χ2v) is 5.55. The van der Waals surface area contributed by atoms with Gasteiger partial charge in [0.2, 0.25) is 5.91 Å². The zero-order chi connectivity index (χ0) is 18.8. The van der Waals surface area contributed by atoms with Gasteiger partial charge in [0.1, 0.15) is 12.4 Å². The number of ether oxygens (including phenoxy) is 3. The smallest absolute Gasteiger partial charge is 0.225 e. The van der Waals surface area contributed by atoms with Gasteiger partial charge in [0.15, 0.2) is 11.5 Å². The normalized spacial score (nSPS) is 9.65. The number of carbonyl (C=O) groups is 1. The van der Waals surface area contributed by atoms with Crippen LogP contribution in [0.2, 0.25) is 0 Å². The minimum absolute atomic E-state index is 0.105. The number of amides is 1. The monoisotopic (exact) mass is 353 g/mol. The van der Waals surface area contributed by atoms with E-state index in [9.17, 15) is 4.79 Å². The fourth-order valence-electron chi connectivity index (χ4n) is 2.33. The van der Waals surface area contributed by atoms with Crippen molar-refractivity contribution in [2.45, 2.75) is 13.3 Å². The summed E-state index contributed by atoms with van der Waals surface area (Å²) in [6.07, 6.45) is 0.252. The molecule has 0 aliphatic rings. The van der Waals surface area contributed by atoms with E-state index in [0.717, 1.165) is 16.9 Å². The summed E-state index contributed by atoms with van der Waals surface area (Å²) in [6, 6.07) is 13.2. The Balaban J connectivity index is 1.75. The van der Waals surface area contributed by atoms with E-state index >= 15 is 0 Å². The molecule has 0 heterocycles. The summed E-state index contributed by atoms with van der Waals surface area (Å²) in [5.41, 5.74) is 1.91. The zero-order valence-corrected chi connectivity index (χ0v) is 15.3. The Hall–Kier alpha value is -3.13. The number of rotatable bonds is 7. The molecule has 26 heavy (non-hydrogen) atoms. The van der Waals surface area contributed by atoms with Crippen LogP contribution in [0.25, 0.3) is 0 Å². The molecular formula is C21H23NO4. The Morgan fingerprint density at radius 1 is 1.00 bits per heavy atom. The maximum Gasteiger partial charge on any atom is 0.225 e.